The number of amides is 2. The molecule has 0 radical (unpaired) electrons. The van der Waals surface area contributed by atoms with Crippen LogP contribution in [0, 0.1) is 5.92 Å². The van der Waals surface area contributed by atoms with Gasteiger partial charge in [0.2, 0.25) is 0 Å². The highest BCUT2D eigenvalue weighted by Gasteiger charge is 2.31. The van der Waals surface area contributed by atoms with Gasteiger partial charge in [0.1, 0.15) is 0 Å². The first-order chi connectivity index (χ1) is 16.2. The number of aliphatic hydroxyl groups is 1. The van der Waals surface area contributed by atoms with E-state index >= 15 is 0 Å². The minimum absolute atomic E-state index is 0.107. The molecule has 7 heteroatoms. The van der Waals surface area contributed by atoms with E-state index in [1.54, 1.807) is 11.9 Å². The molecule has 2 aromatic carbocycles. The Morgan fingerprint density at radius 2 is 1.74 bits per heavy atom. The molecule has 0 spiro atoms. The molecule has 0 aromatic heterocycles. The maximum Gasteiger partial charge on any atom is 0.409 e. The molecule has 184 valence electrons. The number of carbonyl (C=O) groups is 2. The third-order valence-electron chi connectivity index (χ3n) is 6.20. The van der Waals surface area contributed by atoms with E-state index in [4.69, 9.17) is 9.47 Å². The Balaban J connectivity index is 2.02. The summed E-state index contributed by atoms with van der Waals surface area (Å²) < 4.78 is 11.7. The second kappa shape index (κ2) is 11.5. The monoisotopic (exact) mass is 468 g/mol. The number of hydrogen-bond acceptors (Lipinski definition) is 5. The summed E-state index contributed by atoms with van der Waals surface area (Å²) in [5.41, 5.74) is 3.34. The molecule has 1 aliphatic heterocycles. The van der Waals surface area contributed by atoms with Crippen LogP contribution in [0.4, 0.5) is 4.79 Å². The van der Waals surface area contributed by atoms with Crippen molar-refractivity contribution < 1.29 is 24.2 Å². The van der Waals surface area contributed by atoms with Crippen LogP contribution < -0.4 is 0 Å². The van der Waals surface area contributed by atoms with Crippen LogP contribution in [0.15, 0.2) is 48.5 Å². The van der Waals surface area contributed by atoms with Crippen molar-refractivity contribution in [3.8, 4) is 11.1 Å². The molecule has 0 fully saturated rings. The number of ether oxygens (including phenoxy) is 2. The minimum atomic E-state index is -0.412. The Morgan fingerprint density at radius 1 is 1.12 bits per heavy atom. The fraction of sp³-hybridized carbons (Fsp3) is 0.481. The van der Waals surface area contributed by atoms with E-state index in [1.165, 1.54) is 4.90 Å². The summed E-state index contributed by atoms with van der Waals surface area (Å²) in [7, 11) is 1.69. The molecule has 3 atom stereocenters. The van der Waals surface area contributed by atoms with Crippen LogP contribution in [0.2, 0.25) is 0 Å². The van der Waals surface area contributed by atoms with Crippen molar-refractivity contribution >= 4 is 12.0 Å². The van der Waals surface area contributed by atoms with E-state index < -0.39 is 6.09 Å². The molecule has 1 aliphatic rings. The predicted octanol–water partition coefficient (Wildman–Crippen LogP) is 4.19. The Hall–Kier alpha value is -2.90. The van der Waals surface area contributed by atoms with Crippen molar-refractivity contribution in [3.05, 3.63) is 59.7 Å². The first-order valence-electron chi connectivity index (χ1n) is 11.8. The number of hydrogen-bond donors (Lipinski definition) is 1. The molecule has 0 aliphatic carbocycles. The standard InChI is InChI=1S/C27H36N2O5/c1-18(2)34-27(32)28(5)15-25-19(3)14-29(20(4)16-30)26(31)24-13-9-8-12-23(24)22-11-7-6-10-21(22)17-33-25/h6-13,18-20,25,30H,14-17H2,1-5H3/t19-,20+,25+/m0/s1. The Morgan fingerprint density at radius 3 is 2.38 bits per heavy atom. The number of rotatable bonds is 5. The molecular weight excluding hydrogens is 432 g/mol. The zero-order chi connectivity index (χ0) is 24.8. The maximum absolute atomic E-state index is 13.8. The molecule has 2 aromatic rings. The van der Waals surface area contributed by atoms with Crippen LogP contribution in [0.1, 0.15) is 43.6 Å². The fourth-order valence-corrected chi connectivity index (χ4v) is 4.19. The Kier molecular flexibility index (Phi) is 8.69. The summed E-state index contributed by atoms with van der Waals surface area (Å²) >= 11 is 0. The summed E-state index contributed by atoms with van der Waals surface area (Å²) in [6, 6.07) is 15.1. The molecule has 34 heavy (non-hydrogen) atoms. The molecule has 0 bridgehead atoms. The molecule has 1 N–H and O–H groups in total. The number of likely N-dealkylation sites (N-methyl/N-ethyl adjacent to an activating group) is 1. The fourth-order valence-electron chi connectivity index (χ4n) is 4.19. The number of fused-ring (bicyclic) bond motifs is 3. The summed E-state index contributed by atoms with van der Waals surface area (Å²) in [6.45, 7) is 8.35. The van der Waals surface area contributed by atoms with Crippen molar-refractivity contribution in [1.82, 2.24) is 9.80 Å². The van der Waals surface area contributed by atoms with Gasteiger partial charge in [0.15, 0.2) is 0 Å². The summed E-state index contributed by atoms with van der Waals surface area (Å²) in [4.78, 5) is 29.4. The summed E-state index contributed by atoms with van der Waals surface area (Å²) in [6.07, 6.45) is -0.977. The average Bonchev–Trinajstić information content (AvgIpc) is 2.84. The second-order valence-corrected chi connectivity index (χ2v) is 9.33. The van der Waals surface area contributed by atoms with E-state index in [0.717, 1.165) is 16.7 Å². The quantitative estimate of drug-likeness (QED) is 0.712. The first-order valence-corrected chi connectivity index (χ1v) is 11.8. The first kappa shape index (κ1) is 25.7. The third kappa shape index (κ3) is 5.96. The maximum atomic E-state index is 13.8. The molecular formula is C27H36N2O5. The van der Waals surface area contributed by atoms with Gasteiger partial charge in [-0.15, -0.1) is 0 Å². The van der Waals surface area contributed by atoms with Crippen LogP contribution in [-0.2, 0) is 16.1 Å². The molecule has 0 saturated heterocycles. The minimum Gasteiger partial charge on any atom is -0.447 e. The lowest BCUT2D eigenvalue weighted by molar-refractivity contribution is -0.0245. The number of benzene rings is 2. The lowest BCUT2D eigenvalue weighted by Crippen LogP contribution is -2.47. The van der Waals surface area contributed by atoms with Crippen molar-refractivity contribution in [3.63, 3.8) is 0 Å². The highest BCUT2D eigenvalue weighted by Crippen LogP contribution is 2.31. The van der Waals surface area contributed by atoms with Gasteiger partial charge in [-0.1, -0.05) is 49.4 Å². The second-order valence-electron chi connectivity index (χ2n) is 9.33. The third-order valence-corrected chi connectivity index (χ3v) is 6.20. The number of carbonyl (C=O) groups excluding carboxylic acids is 2. The molecule has 0 saturated carbocycles. The van der Waals surface area contributed by atoms with Crippen LogP contribution >= 0.6 is 0 Å². The number of aliphatic hydroxyl groups excluding tert-OH is 1. The van der Waals surface area contributed by atoms with E-state index in [2.05, 4.69) is 0 Å². The highest BCUT2D eigenvalue weighted by molar-refractivity contribution is 6.01. The lowest BCUT2D eigenvalue weighted by atomic mass is 9.94. The van der Waals surface area contributed by atoms with Crippen LogP contribution in [-0.4, -0.2) is 71.9 Å². The van der Waals surface area contributed by atoms with Gasteiger partial charge >= 0.3 is 6.09 Å². The van der Waals surface area contributed by atoms with Gasteiger partial charge in [-0.25, -0.2) is 4.79 Å². The van der Waals surface area contributed by atoms with Crippen molar-refractivity contribution in [1.29, 1.82) is 0 Å². The summed E-state index contributed by atoms with van der Waals surface area (Å²) in [5.74, 6) is -0.239. The van der Waals surface area contributed by atoms with Gasteiger partial charge in [0.25, 0.3) is 5.91 Å². The zero-order valence-corrected chi connectivity index (χ0v) is 20.7. The molecule has 3 rings (SSSR count). The number of nitrogens with zero attached hydrogens (tertiary/aromatic N) is 2. The predicted molar refractivity (Wildman–Crippen MR) is 131 cm³/mol. The van der Waals surface area contributed by atoms with Crippen LogP contribution in [0.5, 0.6) is 0 Å². The van der Waals surface area contributed by atoms with Gasteiger partial charge < -0.3 is 24.4 Å². The van der Waals surface area contributed by atoms with Gasteiger partial charge in [-0.2, -0.15) is 0 Å². The van der Waals surface area contributed by atoms with E-state index in [0.29, 0.717) is 25.3 Å². The van der Waals surface area contributed by atoms with Gasteiger partial charge in [-0.05, 0) is 43.5 Å². The Labute approximate surface area is 202 Å². The van der Waals surface area contributed by atoms with Crippen LogP contribution in [0.3, 0.4) is 0 Å². The SMILES string of the molecule is CC(C)OC(=O)N(C)C[C@H]1OCc2ccccc2-c2ccccc2C(=O)N([C@H](C)CO)C[C@@H]1C. The van der Waals surface area contributed by atoms with Gasteiger partial charge in [0.05, 0.1) is 38.0 Å². The van der Waals surface area contributed by atoms with Crippen molar-refractivity contribution in [2.45, 2.75) is 52.6 Å². The van der Waals surface area contributed by atoms with Gasteiger partial charge in [0, 0.05) is 25.1 Å². The normalized spacial score (nSPS) is 19.6. The molecule has 7 nitrogen and oxygen atoms in total. The van der Waals surface area contributed by atoms with E-state index in [1.807, 2.05) is 76.2 Å². The topological polar surface area (TPSA) is 79.3 Å². The zero-order valence-electron chi connectivity index (χ0n) is 20.7. The highest BCUT2D eigenvalue weighted by atomic mass is 16.6. The van der Waals surface area contributed by atoms with Crippen LogP contribution in [0.25, 0.3) is 11.1 Å². The van der Waals surface area contributed by atoms with E-state index in [-0.39, 0.29) is 36.7 Å². The Bertz CT molecular complexity index is 992. The lowest BCUT2D eigenvalue weighted by Gasteiger charge is -2.35. The molecule has 1 heterocycles. The van der Waals surface area contributed by atoms with Crippen molar-refractivity contribution in [2.75, 3.05) is 26.7 Å². The smallest absolute Gasteiger partial charge is 0.409 e. The van der Waals surface area contributed by atoms with Crippen molar-refractivity contribution in [2.24, 2.45) is 5.92 Å². The molecule has 0 unspecified atom stereocenters. The average molecular weight is 469 g/mol. The largest absolute Gasteiger partial charge is 0.447 e. The summed E-state index contributed by atoms with van der Waals surface area (Å²) in [5, 5.41) is 9.91. The molecule has 2 amide bonds. The van der Waals surface area contributed by atoms with E-state index in [9.17, 15) is 14.7 Å². The van der Waals surface area contributed by atoms with Gasteiger partial charge in [-0.3, -0.25) is 4.79 Å².